The minimum absolute atomic E-state index is 0.0459. The van der Waals surface area contributed by atoms with Gasteiger partial charge in [0, 0.05) is 31.5 Å². The largest absolute Gasteiger partial charge is 0.399 e. The van der Waals surface area contributed by atoms with Gasteiger partial charge in [0.2, 0.25) is 0 Å². The molecule has 0 radical (unpaired) electrons. The molecule has 100 valence electrons. The molecule has 1 atom stereocenters. The Morgan fingerprint density at radius 1 is 1.61 bits per heavy atom. The number of pyridine rings is 1. The Labute approximate surface area is 108 Å². The summed E-state index contributed by atoms with van der Waals surface area (Å²) in [7, 11) is 0. The lowest BCUT2D eigenvalue weighted by Gasteiger charge is -2.42. The van der Waals surface area contributed by atoms with Crippen LogP contribution in [0.2, 0.25) is 0 Å². The maximum Gasteiger partial charge on any atom is 0.0940 e. The lowest BCUT2D eigenvalue weighted by molar-refractivity contribution is -0.150. The zero-order valence-electron chi connectivity index (χ0n) is 11.0. The number of rotatable bonds is 3. The van der Waals surface area contributed by atoms with Crippen LogP contribution in [0.25, 0.3) is 0 Å². The summed E-state index contributed by atoms with van der Waals surface area (Å²) in [5, 5.41) is 9.26. The van der Waals surface area contributed by atoms with Crippen molar-refractivity contribution in [1.29, 1.82) is 0 Å². The summed E-state index contributed by atoms with van der Waals surface area (Å²) in [6.45, 7) is 6.39. The third-order valence-corrected chi connectivity index (χ3v) is 2.98. The minimum atomic E-state index is -0.244. The highest BCUT2D eigenvalue weighted by atomic mass is 16.5. The second kappa shape index (κ2) is 5.22. The maximum atomic E-state index is 9.26. The molecule has 0 aromatic carbocycles. The first-order chi connectivity index (χ1) is 8.48. The van der Waals surface area contributed by atoms with Gasteiger partial charge in [-0.3, -0.25) is 9.88 Å². The monoisotopic (exact) mass is 251 g/mol. The molecule has 0 saturated carbocycles. The topological polar surface area (TPSA) is 71.6 Å². The van der Waals surface area contributed by atoms with Gasteiger partial charge in [-0.1, -0.05) is 0 Å². The average Bonchev–Trinajstić information content (AvgIpc) is 2.26. The molecule has 2 rings (SSSR count). The van der Waals surface area contributed by atoms with Gasteiger partial charge in [0.05, 0.1) is 24.0 Å². The number of hydrogen-bond acceptors (Lipinski definition) is 5. The second-order valence-corrected chi connectivity index (χ2v) is 5.43. The van der Waals surface area contributed by atoms with Gasteiger partial charge in [-0.2, -0.15) is 0 Å². The molecule has 1 aromatic rings. The standard InChI is InChI=1S/C13H21N3O2/c1-13(2)9-16(7-12(8-17)18-13)6-11-5-10(14)3-4-15-11/h3-5,12,17H,6-9H2,1-2H3,(H2,14,15). The average molecular weight is 251 g/mol. The molecule has 2 heterocycles. The van der Waals surface area contributed by atoms with Crippen LogP contribution in [-0.4, -0.2) is 46.4 Å². The van der Waals surface area contributed by atoms with Crippen molar-refractivity contribution < 1.29 is 9.84 Å². The first-order valence-electron chi connectivity index (χ1n) is 6.20. The predicted octanol–water partition coefficient (Wildman–Crippen LogP) is 0.636. The molecule has 0 amide bonds. The molecule has 1 fully saturated rings. The fraction of sp³-hybridized carbons (Fsp3) is 0.615. The Bertz CT molecular complexity index is 409. The Hall–Kier alpha value is -1.17. The first-order valence-corrected chi connectivity index (χ1v) is 6.20. The Morgan fingerprint density at radius 2 is 2.39 bits per heavy atom. The predicted molar refractivity (Wildman–Crippen MR) is 70.0 cm³/mol. The molecule has 5 nitrogen and oxygen atoms in total. The van der Waals surface area contributed by atoms with Crippen molar-refractivity contribution in [2.24, 2.45) is 0 Å². The summed E-state index contributed by atoms with van der Waals surface area (Å²) < 4.78 is 5.78. The first kappa shape index (κ1) is 13.3. The third-order valence-electron chi connectivity index (χ3n) is 2.98. The van der Waals surface area contributed by atoms with E-state index < -0.39 is 0 Å². The number of aliphatic hydroxyl groups is 1. The van der Waals surface area contributed by atoms with Crippen LogP contribution < -0.4 is 5.73 Å². The molecule has 1 saturated heterocycles. The van der Waals surface area contributed by atoms with Crippen LogP contribution in [0.1, 0.15) is 19.5 Å². The molecular formula is C13H21N3O2. The van der Waals surface area contributed by atoms with Gasteiger partial charge in [0.25, 0.3) is 0 Å². The molecule has 1 aliphatic heterocycles. The summed E-state index contributed by atoms with van der Waals surface area (Å²) in [4.78, 5) is 6.55. The molecular weight excluding hydrogens is 230 g/mol. The van der Waals surface area contributed by atoms with Crippen LogP contribution in [0, 0.1) is 0 Å². The summed E-state index contributed by atoms with van der Waals surface area (Å²) in [5.41, 5.74) is 7.18. The number of aliphatic hydroxyl groups excluding tert-OH is 1. The highest BCUT2D eigenvalue weighted by Gasteiger charge is 2.32. The van der Waals surface area contributed by atoms with Crippen molar-refractivity contribution >= 4 is 5.69 Å². The highest BCUT2D eigenvalue weighted by molar-refractivity contribution is 5.37. The van der Waals surface area contributed by atoms with E-state index in [1.165, 1.54) is 0 Å². The SMILES string of the molecule is CC1(C)CN(Cc2cc(N)ccn2)CC(CO)O1. The normalized spacial score (nSPS) is 24.1. The van der Waals surface area contributed by atoms with Crippen LogP contribution in [0.15, 0.2) is 18.3 Å². The lowest BCUT2D eigenvalue weighted by atomic mass is 10.1. The van der Waals surface area contributed by atoms with Crippen molar-refractivity contribution in [3.8, 4) is 0 Å². The van der Waals surface area contributed by atoms with E-state index in [1.54, 1.807) is 12.3 Å². The Balaban J connectivity index is 2.04. The van der Waals surface area contributed by atoms with Gasteiger partial charge in [0.15, 0.2) is 0 Å². The van der Waals surface area contributed by atoms with Crippen LogP contribution in [0.5, 0.6) is 0 Å². The van der Waals surface area contributed by atoms with E-state index in [-0.39, 0.29) is 18.3 Å². The van der Waals surface area contributed by atoms with Gasteiger partial charge in [-0.15, -0.1) is 0 Å². The Morgan fingerprint density at radius 3 is 3.06 bits per heavy atom. The molecule has 5 heteroatoms. The number of nitrogens with zero attached hydrogens (tertiary/aromatic N) is 2. The number of nitrogen functional groups attached to an aromatic ring is 1. The summed E-state index contributed by atoms with van der Waals surface area (Å²) in [6.07, 6.45) is 1.59. The number of nitrogens with two attached hydrogens (primary N) is 1. The second-order valence-electron chi connectivity index (χ2n) is 5.43. The molecule has 18 heavy (non-hydrogen) atoms. The van der Waals surface area contributed by atoms with E-state index in [2.05, 4.69) is 9.88 Å². The fourth-order valence-electron chi connectivity index (χ4n) is 2.44. The van der Waals surface area contributed by atoms with E-state index in [9.17, 15) is 5.11 Å². The van der Waals surface area contributed by atoms with E-state index >= 15 is 0 Å². The zero-order valence-corrected chi connectivity index (χ0v) is 11.0. The molecule has 1 unspecified atom stereocenters. The minimum Gasteiger partial charge on any atom is -0.399 e. The van der Waals surface area contributed by atoms with Crippen molar-refractivity contribution in [1.82, 2.24) is 9.88 Å². The number of anilines is 1. The quantitative estimate of drug-likeness (QED) is 0.824. The Kier molecular flexibility index (Phi) is 3.85. The van der Waals surface area contributed by atoms with Crippen molar-refractivity contribution in [2.75, 3.05) is 25.4 Å². The van der Waals surface area contributed by atoms with Gasteiger partial charge < -0.3 is 15.6 Å². The summed E-state index contributed by atoms with van der Waals surface area (Å²) >= 11 is 0. The van der Waals surface area contributed by atoms with Crippen molar-refractivity contribution in [2.45, 2.75) is 32.1 Å². The number of hydrogen-bond donors (Lipinski definition) is 2. The zero-order chi connectivity index (χ0) is 13.2. The summed E-state index contributed by atoms with van der Waals surface area (Å²) in [6, 6.07) is 3.67. The number of ether oxygens (including phenoxy) is 1. The van der Waals surface area contributed by atoms with Crippen molar-refractivity contribution in [3.63, 3.8) is 0 Å². The lowest BCUT2D eigenvalue weighted by Crippen LogP contribution is -2.53. The maximum absolute atomic E-state index is 9.26. The van der Waals surface area contributed by atoms with E-state index in [4.69, 9.17) is 10.5 Å². The number of morpholine rings is 1. The van der Waals surface area contributed by atoms with E-state index in [1.807, 2.05) is 19.9 Å². The van der Waals surface area contributed by atoms with Crippen LogP contribution in [0.3, 0.4) is 0 Å². The smallest absolute Gasteiger partial charge is 0.0940 e. The van der Waals surface area contributed by atoms with E-state index in [0.717, 1.165) is 31.0 Å². The van der Waals surface area contributed by atoms with Crippen LogP contribution in [0.4, 0.5) is 5.69 Å². The molecule has 0 bridgehead atoms. The van der Waals surface area contributed by atoms with Gasteiger partial charge in [-0.05, 0) is 26.0 Å². The fourth-order valence-corrected chi connectivity index (χ4v) is 2.44. The van der Waals surface area contributed by atoms with Crippen LogP contribution in [-0.2, 0) is 11.3 Å². The number of aromatic nitrogens is 1. The molecule has 0 spiro atoms. The van der Waals surface area contributed by atoms with Crippen molar-refractivity contribution in [3.05, 3.63) is 24.0 Å². The molecule has 1 aliphatic rings. The summed E-state index contributed by atoms with van der Waals surface area (Å²) in [5.74, 6) is 0. The molecule has 1 aromatic heterocycles. The third kappa shape index (κ3) is 3.41. The van der Waals surface area contributed by atoms with Gasteiger partial charge >= 0.3 is 0 Å². The highest BCUT2D eigenvalue weighted by Crippen LogP contribution is 2.22. The van der Waals surface area contributed by atoms with E-state index in [0.29, 0.717) is 0 Å². The molecule has 3 N–H and O–H groups in total. The van der Waals surface area contributed by atoms with Gasteiger partial charge in [-0.25, -0.2) is 0 Å². The molecule has 0 aliphatic carbocycles. The van der Waals surface area contributed by atoms with Gasteiger partial charge in [0.1, 0.15) is 0 Å². The van der Waals surface area contributed by atoms with Crippen LogP contribution >= 0.6 is 0 Å².